The first-order valence-corrected chi connectivity index (χ1v) is 5.83. The number of benzene rings is 1. The molecule has 0 spiro atoms. The van der Waals surface area contributed by atoms with Gasteiger partial charge in [-0.05, 0) is 31.5 Å². The maximum absolute atomic E-state index is 12.9. The van der Waals surface area contributed by atoms with E-state index in [0.29, 0.717) is 5.56 Å². The lowest BCUT2D eigenvalue weighted by Gasteiger charge is -2.19. The van der Waals surface area contributed by atoms with E-state index in [1.165, 1.54) is 19.1 Å². The summed E-state index contributed by atoms with van der Waals surface area (Å²) in [6.45, 7) is 3.35. The van der Waals surface area contributed by atoms with Gasteiger partial charge in [0.05, 0.1) is 12.7 Å². The highest BCUT2D eigenvalue weighted by atomic mass is 35.5. The van der Waals surface area contributed by atoms with Crippen LogP contribution in [0.25, 0.3) is 0 Å². The van der Waals surface area contributed by atoms with Crippen molar-refractivity contribution in [1.29, 1.82) is 5.26 Å². The predicted octanol–water partition coefficient (Wildman–Crippen LogP) is 3.11. The summed E-state index contributed by atoms with van der Waals surface area (Å²) in [5.41, 5.74) is -0.785. The van der Waals surface area contributed by atoms with Gasteiger partial charge in [-0.15, -0.1) is 0 Å². The third-order valence-electron chi connectivity index (χ3n) is 2.53. The molecule has 18 heavy (non-hydrogen) atoms. The highest BCUT2D eigenvalue weighted by molar-refractivity contribution is 6.31. The minimum absolute atomic E-state index is 0.0848. The molecule has 0 fully saturated rings. The SMILES string of the molecule is CCOC(=O)C(C)(C#N)Cc1ccc(F)cc1Cl. The molecule has 5 heteroatoms. The Kier molecular flexibility index (Phi) is 4.69. The molecule has 0 aliphatic carbocycles. The molecule has 0 heterocycles. The molecule has 1 atom stereocenters. The molecule has 0 aromatic heterocycles. The molecule has 0 aliphatic heterocycles. The van der Waals surface area contributed by atoms with Gasteiger partial charge in [0, 0.05) is 11.4 Å². The summed E-state index contributed by atoms with van der Waals surface area (Å²) in [7, 11) is 0. The van der Waals surface area contributed by atoms with Gasteiger partial charge in [-0.2, -0.15) is 5.26 Å². The Morgan fingerprint density at radius 2 is 2.28 bits per heavy atom. The van der Waals surface area contributed by atoms with E-state index in [0.717, 1.165) is 6.07 Å². The van der Waals surface area contributed by atoms with Gasteiger partial charge in [0.1, 0.15) is 5.82 Å². The molecule has 0 aliphatic rings. The molecule has 0 N–H and O–H groups in total. The minimum Gasteiger partial charge on any atom is -0.465 e. The summed E-state index contributed by atoms with van der Waals surface area (Å²) >= 11 is 5.87. The van der Waals surface area contributed by atoms with Gasteiger partial charge in [-0.1, -0.05) is 17.7 Å². The van der Waals surface area contributed by atoms with Crippen LogP contribution in [0.2, 0.25) is 5.02 Å². The Labute approximate surface area is 110 Å². The molecule has 1 unspecified atom stereocenters. The largest absolute Gasteiger partial charge is 0.465 e. The molecule has 1 aromatic carbocycles. The number of rotatable bonds is 4. The second-order valence-corrected chi connectivity index (χ2v) is 4.48. The van der Waals surface area contributed by atoms with Crippen LogP contribution in [-0.2, 0) is 16.0 Å². The predicted molar refractivity (Wildman–Crippen MR) is 65.5 cm³/mol. The molecule has 1 aromatic rings. The summed E-state index contributed by atoms with van der Waals surface area (Å²) in [5.74, 6) is -1.06. The van der Waals surface area contributed by atoms with E-state index in [1.54, 1.807) is 6.92 Å². The molecule has 0 saturated heterocycles. The lowest BCUT2D eigenvalue weighted by atomic mass is 9.85. The van der Waals surface area contributed by atoms with Crippen LogP contribution in [0.15, 0.2) is 18.2 Å². The number of hydrogen-bond acceptors (Lipinski definition) is 3. The molecule has 1 rings (SSSR count). The van der Waals surface area contributed by atoms with E-state index in [9.17, 15) is 9.18 Å². The minimum atomic E-state index is -1.32. The number of esters is 1. The standard InChI is InChI=1S/C13H13ClFNO2/c1-3-18-12(17)13(2,8-16)7-9-4-5-10(15)6-11(9)14/h4-6H,3,7H2,1-2H3. The fourth-order valence-corrected chi connectivity index (χ4v) is 1.73. The fourth-order valence-electron chi connectivity index (χ4n) is 1.49. The Bertz CT molecular complexity index is 498. The average molecular weight is 270 g/mol. The second-order valence-electron chi connectivity index (χ2n) is 4.08. The van der Waals surface area contributed by atoms with Crippen molar-refractivity contribution in [1.82, 2.24) is 0 Å². The monoisotopic (exact) mass is 269 g/mol. The highest BCUT2D eigenvalue weighted by Gasteiger charge is 2.35. The van der Waals surface area contributed by atoms with Crippen LogP contribution >= 0.6 is 11.6 Å². The van der Waals surface area contributed by atoms with Crippen LogP contribution in [0.4, 0.5) is 4.39 Å². The first-order chi connectivity index (χ1) is 8.42. The Hall–Kier alpha value is -1.60. The van der Waals surface area contributed by atoms with E-state index >= 15 is 0 Å². The summed E-state index contributed by atoms with van der Waals surface area (Å²) in [5, 5.41) is 9.32. The topological polar surface area (TPSA) is 50.1 Å². The maximum Gasteiger partial charge on any atom is 0.326 e. The van der Waals surface area contributed by atoms with Gasteiger partial charge in [-0.3, -0.25) is 4.79 Å². The number of nitriles is 1. The van der Waals surface area contributed by atoms with E-state index < -0.39 is 17.2 Å². The van der Waals surface area contributed by atoms with E-state index in [4.69, 9.17) is 21.6 Å². The molecular weight excluding hydrogens is 257 g/mol. The number of carbonyl (C=O) groups is 1. The molecule has 0 bridgehead atoms. The van der Waals surface area contributed by atoms with Crippen LogP contribution in [-0.4, -0.2) is 12.6 Å². The van der Waals surface area contributed by atoms with Crippen LogP contribution in [0.5, 0.6) is 0 Å². The van der Waals surface area contributed by atoms with Crippen LogP contribution < -0.4 is 0 Å². The summed E-state index contributed by atoms with van der Waals surface area (Å²) in [4.78, 5) is 11.7. The quantitative estimate of drug-likeness (QED) is 0.789. The van der Waals surface area contributed by atoms with Crippen molar-refractivity contribution in [2.24, 2.45) is 5.41 Å². The number of ether oxygens (including phenoxy) is 1. The van der Waals surface area contributed by atoms with Crippen molar-refractivity contribution in [3.8, 4) is 6.07 Å². The van der Waals surface area contributed by atoms with Crippen molar-refractivity contribution >= 4 is 17.6 Å². The lowest BCUT2D eigenvalue weighted by Crippen LogP contribution is -2.30. The molecule has 3 nitrogen and oxygen atoms in total. The number of nitrogens with zero attached hydrogens (tertiary/aromatic N) is 1. The van der Waals surface area contributed by atoms with Crippen LogP contribution in [0.3, 0.4) is 0 Å². The van der Waals surface area contributed by atoms with Gasteiger partial charge in [0.15, 0.2) is 5.41 Å². The van der Waals surface area contributed by atoms with Gasteiger partial charge >= 0.3 is 5.97 Å². The smallest absolute Gasteiger partial charge is 0.326 e. The Balaban J connectivity index is 2.99. The molecule has 0 radical (unpaired) electrons. The Morgan fingerprint density at radius 3 is 2.78 bits per heavy atom. The van der Waals surface area contributed by atoms with Crippen molar-refractivity contribution in [3.63, 3.8) is 0 Å². The van der Waals surface area contributed by atoms with Crippen LogP contribution in [0.1, 0.15) is 19.4 Å². The summed E-state index contributed by atoms with van der Waals surface area (Å²) in [6, 6.07) is 5.78. The zero-order valence-corrected chi connectivity index (χ0v) is 10.9. The van der Waals surface area contributed by atoms with E-state index in [2.05, 4.69) is 0 Å². The third kappa shape index (κ3) is 3.21. The fraction of sp³-hybridized carbons (Fsp3) is 0.385. The zero-order valence-electron chi connectivity index (χ0n) is 10.2. The van der Waals surface area contributed by atoms with Crippen LogP contribution in [0, 0.1) is 22.6 Å². The zero-order chi connectivity index (χ0) is 13.8. The van der Waals surface area contributed by atoms with Crippen molar-refractivity contribution in [2.75, 3.05) is 6.61 Å². The number of halogens is 2. The number of hydrogen-bond donors (Lipinski definition) is 0. The third-order valence-corrected chi connectivity index (χ3v) is 2.88. The second kappa shape index (κ2) is 5.83. The van der Waals surface area contributed by atoms with Crippen molar-refractivity contribution in [3.05, 3.63) is 34.6 Å². The molecule has 0 saturated carbocycles. The van der Waals surface area contributed by atoms with Crippen molar-refractivity contribution in [2.45, 2.75) is 20.3 Å². The number of carbonyl (C=O) groups excluding carboxylic acids is 1. The van der Waals surface area contributed by atoms with Gasteiger partial charge < -0.3 is 4.74 Å². The summed E-state index contributed by atoms with van der Waals surface area (Å²) < 4.78 is 17.8. The van der Waals surface area contributed by atoms with Crippen molar-refractivity contribution < 1.29 is 13.9 Å². The summed E-state index contributed by atoms with van der Waals surface area (Å²) in [6.07, 6.45) is 0.0848. The average Bonchev–Trinajstić information content (AvgIpc) is 2.33. The Morgan fingerprint density at radius 1 is 1.61 bits per heavy atom. The lowest BCUT2D eigenvalue weighted by molar-refractivity contribution is -0.151. The van der Waals surface area contributed by atoms with Gasteiger partial charge in [-0.25, -0.2) is 4.39 Å². The normalized spacial score (nSPS) is 13.5. The maximum atomic E-state index is 12.9. The van der Waals surface area contributed by atoms with Gasteiger partial charge in [0.2, 0.25) is 0 Å². The first-order valence-electron chi connectivity index (χ1n) is 5.45. The van der Waals surface area contributed by atoms with Gasteiger partial charge in [0.25, 0.3) is 0 Å². The molecular formula is C13H13ClFNO2. The van der Waals surface area contributed by atoms with E-state index in [1.807, 2.05) is 6.07 Å². The first kappa shape index (κ1) is 14.5. The molecule has 0 amide bonds. The van der Waals surface area contributed by atoms with E-state index in [-0.39, 0.29) is 18.1 Å². The highest BCUT2D eigenvalue weighted by Crippen LogP contribution is 2.28. The molecule has 96 valence electrons.